The number of hydrogen-bond acceptors (Lipinski definition) is 5. The fourth-order valence-electron chi connectivity index (χ4n) is 1.88. The Bertz CT molecular complexity index is 927. The third-order valence-electron chi connectivity index (χ3n) is 3.27. The average Bonchev–Trinajstić information content (AvgIpc) is 2.66. The molecule has 0 saturated heterocycles. The van der Waals surface area contributed by atoms with Gasteiger partial charge in [0.2, 0.25) is 0 Å². The van der Waals surface area contributed by atoms with Crippen molar-refractivity contribution in [2.75, 3.05) is 17.2 Å². The van der Waals surface area contributed by atoms with Crippen LogP contribution in [0.15, 0.2) is 42.6 Å². The Labute approximate surface area is 171 Å². The number of Topliss-reactive ketones (excluding diaryl/α,β-unsaturated/α-hetero) is 1. The number of aliphatic carboxylic acids is 1. The summed E-state index contributed by atoms with van der Waals surface area (Å²) in [5.41, 5.74) is -0.404. The summed E-state index contributed by atoms with van der Waals surface area (Å²) in [6.07, 6.45) is -8.06. The second-order valence-electron chi connectivity index (χ2n) is 5.79. The van der Waals surface area contributed by atoms with Gasteiger partial charge in [0.1, 0.15) is 11.6 Å². The van der Waals surface area contributed by atoms with Gasteiger partial charge in [-0.15, -0.1) is 0 Å². The lowest BCUT2D eigenvalue weighted by Gasteiger charge is -2.11. The lowest BCUT2D eigenvalue weighted by atomic mass is 10.2. The van der Waals surface area contributed by atoms with E-state index < -0.39 is 29.8 Å². The van der Waals surface area contributed by atoms with Gasteiger partial charge in [0.05, 0.1) is 17.7 Å². The number of hydrogen-bond donors (Lipinski definition) is 3. The first-order valence-electron chi connectivity index (χ1n) is 8.19. The largest absolute Gasteiger partial charge is 0.490 e. The van der Waals surface area contributed by atoms with Crippen LogP contribution in [0.3, 0.4) is 0 Å². The molecule has 0 bridgehead atoms. The first-order valence-corrected chi connectivity index (χ1v) is 8.19. The number of nitrogens with one attached hydrogen (secondary N) is 2. The zero-order valence-corrected chi connectivity index (χ0v) is 15.6. The van der Waals surface area contributed by atoms with E-state index in [1.54, 1.807) is 6.07 Å². The molecule has 1 aromatic carbocycles. The summed E-state index contributed by atoms with van der Waals surface area (Å²) in [5, 5.41) is 12.4. The van der Waals surface area contributed by atoms with Crippen LogP contribution in [-0.4, -0.2) is 40.5 Å². The first-order chi connectivity index (χ1) is 14.2. The topological polar surface area (TPSA) is 108 Å². The number of alkyl halides is 6. The van der Waals surface area contributed by atoms with Crippen molar-refractivity contribution < 1.29 is 45.8 Å². The van der Waals surface area contributed by atoms with E-state index in [2.05, 4.69) is 15.6 Å². The quantitative estimate of drug-likeness (QED) is 0.594. The van der Waals surface area contributed by atoms with Crippen molar-refractivity contribution in [2.24, 2.45) is 0 Å². The van der Waals surface area contributed by atoms with Gasteiger partial charge in [0.15, 0.2) is 0 Å². The average molecular weight is 451 g/mol. The van der Waals surface area contributed by atoms with Crippen LogP contribution in [0.4, 0.5) is 37.8 Å². The summed E-state index contributed by atoms with van der Waals surface area (Å²) in [4.78, 5) is 36.2. The van der Waals surface area contributed by atoms with Gasteiger partial charge >= 0.3 is 18.3 Å². The highest BCUT2D eigenvalue weighted by molar-refractivity contribution is 6.07. The van der Waals surface area contributed by atoms with Gasteiger partial charge in [-0.05, 0) is 43.3 Å². The number of carboxylic acid groups (broad SMARTS) is 1. The fraction of sp³-hybridized carbons (Fsp3) is 0.222. The molecule has 1 heterocycles. The second kappa shape index (κ2) is 10.4. The number of halogens is 6. The van der Waals surface area contributed by atoms with Crippen LogP contribution in [0.5, 0.6) is 0 Å². The Morgan fingerprint density at radius 1 is 1.00 bits per heavy atom. The molecule has 0 atom stereocenters. The van der Waals surface area contributed by atoms with Crippen LogP contribution in [0.25, 0.3) is 0 Å². The van der Waals surface area contributed by atoms with E-state index >= 15 is 0 Å². The van der Waals surface area contributed by atoms with Crippen molar-refractivity contribution in [1.82, 2.24) is 4.98 Å². The molecule has 0 spiro atoms. The molecule has 0 saturated carbocycles. The standard InChI is InChI=1S/C16H14F3N3O2.C2HF3O2/c1-10(23)9-21-14-13(3-2-8-20-14)15(24)22-12-6-4-11(5-7-12)16(17,18)19;3-2(4,5)1(6)7/h2-8H,9H2,1H3,(H,20,21)(H,22,24);(H,6,7). The Morgan fingerprint density at radius 2 is 1.55 bits per heavy atom. The Morgan fingerprint density at radius 3 is 2.00 bits per heavy atom. The molecule has 0 fully saturated rings. The summed E-state index contributed by atoms with van der Waals surface area (Å²) in [5.74, 6) is -3.21. The van der Waals surface area contributed by atoms with Crippen molar-refractivity contribution in [2.45, 2.75) is 19.3 Å². The van der Waals surface area contributed by atoms with Crippen LogP contribution >= 0.6 is 0 Å². The first kappa shape index (κ1) is 25.4. The predicted molar refractivity (Wildman–Crippen MR) is 96.5 cm³/mol. The molecule has 2 aromatic rings. The van der Waals surface area contributed by atoms with Gasteiger partial charge < -0.3 is 15.7 Å². The number of rotatable bonds is 5. The number of nitrogens with zero attached hydrogens (tertiary/aromatic N) is 1. The van der Waals surface area contributed by atoms with Gasteiger partial charge in [0, 0.05) is 11.9 Å². The van der Waals surface area contributed by atoms with E-state index in [9.17, 15) is 35.9 Å². The summed E-state index contributed by atoms with van der Waals surface area (Å²) in [6.45, 7) is 1.40. The highest BCUT2D eigenvalue weighted by Crippen LogP contribution is 2.30. The molecular formula is C18H15F6N3O4. The summed E-state index contributed by atoms with van der Waals surface area (Å²) in [6, 6.07) is 7.14. The lowest BCUT2D eigenvalue weighted by Crippen LogP contribution is -2.21. The van der Waals surface area contributed by atoms with Crippen LogP contribution in [0.1, 0.15) is 22.8 Å². The number of benzene rings is 1. The molecule has 0 aliphatic carbocycles. The van der Waals surface area contributed by atoms with Crippen molar-refractivity contribution >= 4 is 29.2 Å². The van der Waals surface area contributed by atoms with E-state index in [1.807, 2.05) is 0 Å². The third kappa shape index (κ3) is 8.72. The molecule has 1 amide bonds. The molecule has 7 nitrogen and oxygen atoms in total. The molecule has 2 rings (SSSR count). The SMILES string of the molecule is CC(=O)CNc1ncccc1C(=O)Nc1ccc(C(F)(F)F)cc1.O=C(O)C(F)(F)F. The Kier molecular flexibility index (Phi) is 8.53. The molecule has 168 valence electrons. The smallest absolute Gasteiger partial charge is 0.475 e. The summed E-state index contributed by atoms with van der Waals surface area (Å²) < 4.78 is 69.3. The van der Waals surface area contributed by atoms with E-state index in [0.29, 0.717) is 0 Å². The molecule has 0 aliphatic heterocycles. The highest BCUT2D eigenvalue weighted by atomic mass is 19.4. The minimum atomic E-state index is -5.08. The molecule has 13 heteroatoms. The molecule has 3 N–H and O–H groups in total. The summed E-state index contributed by atoms with van der Waals surface area (Å²) >= 11 is 0. The number of ketones is 1. The molecule has 31 heavy (non-hydrogen) atoms. The van der Waals surface area contributed by atoms with Crippen LogP contribution < -0.4 is 10.6 Å². The monoisotopic (exact) mass is 451 g/mol. The Balaban J connectivity index is 0.000000592. The molecule has 1 aromatic heterocycles. The van der Waals surface area contributed by atoms with Crippen molar-refractivity contribution in [3.63, 3.8) is 0 Å². The van der Waals surface area contributed by atoms with Crippen LogP contribution in [0.2, 0.25) is 0 Å². The molecule has 0 unspecified atom stereocenters. The van der Waals surface area contributed by atoms with Gasteiger partial charge in [-0.2, -0.15) is 26.3 Å². The fourth-order valence-corrected chi connectivity index (χ4v) is 1.88. The lowest BCUT2D eigenvalue weighted by molar-refractivity contribution is -0.192. The van der Waals surface area contributed by atoms with Crippen LogP contribution in [-0.2, 0) is 15.8 Å². The number of anilines is 2. The number of carbonyl (C=O) groups excluding carboxylic acids is 2. The molecule has 0 radical (unpaired) electrons. The number of pyridine rings is 1. The number of carboxylic acids is 1. The number of aromatic nitrogens is 1. The second-order valence-corrected chi connectivity index (χ2v) is 5.79. The van der Waals surface area contributed by atoms with Gasteiger partial charge in [-0.3, -0.25) is 9.59 Å². The van der Waals surface area contributed by atoms with Crippen LogP contribution in [0, 0.1) is 0 Å². The maximum absolute atomic E-state index is 12.5. The minimum absolute atomic E-state index is 0.0115. The maximum Gasteiger partial charge on any atom is 0.490 e. The zero-order valence-electron chi connectivity index (χ0n) is 15.6. The van der Waals surface area contributed by atoms with Gasteiger partial charge in [-0.1, -0.05) is 0 Å². The van der Waals surface area contributed by atoms with E-state index in [1.165, 1.54) is 31.3 Å². The third-order valence-corrected chi connectivity index (χ3v) is 3.27. The van der Waals surface area contributed by atoms with Crippen molar-refractivity contribution in [3.05, 3.63) is 53.7 Å². The summed E-state index contributed by atoms with van der Waals surface area (Å²) in [7, 11) is 0. The Hall–Kier alpha value is -3.64. The number of carbonyl (C=O) groups is 3. The van der Waals surface area contributed by atoms with E-state index in [4.69, 9.17) is 9.90 Å². The van der Waals surface area contributed by atoms with Crippen molar-refractivity contribution in [1.29, 1.82) is 0 Å². The minimum Gasteiger partial charge on any atom is -0.475 e. The molecular weight excluding hydrogens is 436 g/mol. The van der Waals surface area contributed by atoms with E-state index in [-0.39, 0.29) is 29.4 Å². The zero-order chi connectivity index (χ0) is 23.8. The highest BCUT2D eigenvalue weighted by Gasteiger charge is 2.38. The predicted octanol–water partition coefficient (Wildman–Crippen LogP) is 3.99. The van der Waals surface area contributed by atoms with Crippen molar-refractivity contribution in [3.8, 4) is 0 Å². The number of amides is 1. The normalized spacial score (nSPS) is 11.1. The maximum atomic E-state index is 12.5. The van der Waals surface area contributed by atoms with Gasteiger partial charge in [-0.25, -0.2) is 9.78 Å². The van der Waals surface area contributed by atoms with E-state index in [0.717, 1.165) is 12.1 Å². The van der Waals surface area contributed by atoms with Gasteiger partial charge in [0.25, 0.3) is 5.91 Å². The molecule has 0 aliphatic rings.